The lowest BCUT2D eigenvalue weighted by Gasteiger charge is -2.25. The van der Waals surface area contributed by atoms with E-state index < -0.39 is 4.92 Å². The summed E-state index contributed by atoms with van der Waals surface area (Å²) >= 11 is 0. The summed E-state index contributed by atoms with van der Waals surface area (Å²) in [5.41, 5.74) is 6.42. The lowest BCUT2D eigenvalue weighted by atomic mass is 10.0. The SMILES string of the molecule is COc1cccc([C@H]2CCCN2C(=O)Cn2ncc([N+](=O)[O-])c2N)c1. The molecule has 0 aliphatic carbocycles. The number of carbonyl (C=O) groups is 1. The summed E-state index contributed by atoms with van der Waals surface area (Å²) in [6, 6.07) is 7.59. The zero-order valence-electron chi connectivity index (χ0n) is 13.8. The standard InChI is InChI=1S/C16H19N5O4/c1-25-12-5-2-4-11(8-12)13-6-3-7-19(13)15(22)10-20-16(17)14(9-18-20)21(23)24/h2,4-5,8-9,13H,3,6-7,10,17H2,1H3/t13-/m1/s1. The van der Waals surface area contributed by atoms with Crippen LogP contribution >= 0.6 is 0 Å². The van der Waals surface area contributed by atoms with Gasteiger partial charge in [0, 0.05) is 6.54 Å². The Bertz CT molecular complexity index is 804. The summed E-state index contributed by atoms with van der Waals surface area (Å²) in [6.45, 7) is 0.504. The number of likely N-dealkylation sites (tertiary alicyclic amines) is 1. The molecule has 0 unspecified atom stereocenters. The highest BCUT2D eigenvalue weighted by Crippen LogP contribution is 2.33. The van der Waals surface area contributed by atoms with Crippen molar-refractivity contribution in [1.82, 2.24) is 14.7 Å². The van der Waals surface area contributed by atoms with Crippen molar-refractivity contribution in [2.75, 3.05) is 19.4 Å². The number of nitro groups is 1. The van der Waals surface area contributed by atoms with Crippen molar-refractivity contribution in [3.8, 4) is 5.75 Å². The maximum Gasteiger partial charge on any atom is 0.330 e. The van der Waals surface area contributed by atoms with Crippen molar-refractivity contribution in [3.63, 3.8) is 0 Å². The number of amides is 1. The quantitative estimate of drug-likeness (QED) is 0.652. The van der Waals surface area contributed by atoms with Crippen molar-refractivity contribution in [1.29, 1.82) is 0 Å². The fourth-order valence-corrected chi connectivity index (χ4v) is 3.13. The van der Waals surface area contributed by atoms with Crippen LogP contribution in [0.5, 0.6) is 5.75 Å². The number of carbonyl (C=O) groups excluding carboxylic acids is 1. The largest absolute Gasteiger partial charge is 0.497 e. The number of methoxy groups -OCH3 is 1. The van der Waals surface area contributed by atoms with Gasteiger partial charge in [-0.3, -0.25) is 14.9 Å². The molecule has 0 spiro atoms. The van der Waals surface area contributed by atoms with Gasteiger partial charge in [-0.2, -0.15) is 5.10 Å². The minimum atomic E-state index is -0.613. The number of nitrogens with two attached hydrogens (primary N) is 1. The molecule has 0 bridgehead atoms. The fraction of sp³-hybridized carbons (Fsp3) is 0.375. The van der Waals surface area contributed by atoms with E-state index >= 15 is 0 Å². The van der Waals surface area contributed by atoms with Gasteiger partial charge in [0.1, 0.15) is 18.5 Å². The molecule has 1 amide bonds. The van der Waals surface area contributed by atoms with Gasteiger partial charge in [0.2, 0.25) is 11.7 Å². The zero-order valence-corrected chi connectivity index (χ0v) is 13.8. The molecular weight excluding hydrogens is 326 g/mol. The molecule has 1 saturated heterocycles. The van der Waals surface area contributed by atoms with Crippen molar-refractivity contribution in [3.05, 3.63) is 46.1 Å². The molecule has 2 heterocycles. The Morgan fingerprint density at radius 3 is 3.00 bits per heavy atom. The molecule has 9 nitrogen and oxygen atoms in total. The lowest BCUT2D eigenvalue weighted by molar-refractivity contribution is -0.384. The predicted octanol–water partition coefficient (Wildman–Crippen LogP) is 1.75. The summed E-state index contributed by atoms with van der Waals surface area (Å²) in [5.74, 6) is 0.453. The van der Waals surface area contributed by atoms with Crippen LogP contribution in [0.15, 0.2) is 30.5 Å². The van der Waals surface area contributed by atoms with Crippen LogP contribution in [0.25, 0.3) is 0 Å². The Morgan fingerprint density at radius 2 is 2.32 bits per heavy atom. The van der Waals surface area contributed by atoms with E-state index in [9.17, 15) is 14.9 Å². The first-order valence-electron chi connectivity index (χ1n) is 7.90. The maximum absolute atomic E-state index is 12.7. The topological polar surface area (TPSA) is 117 Å². The molecule has 1 aromatic heterocycles. The Labute approximate surface area is 144 Å². The van der Waals surface area contributed by atoms with Crippen LogP contribution in [0.4, 0.5) is 11.5 Å². The van der Waals surface area contributed by atoms with Gasteiger partial charge in [-0.05, 0) is 30.5 Å². The summed E-state index contributed by atoms with van der Waals surface area (Å²) < 4.78 is 6.42. The van der Waals surface area contributed by atoms with Gasteiger partial charge in [-0.15, -0.1) is 0 Å². The third kappa shape index (κ3) is 3.25. The summed E-state index contributed by atoms with van der Waals surface area (Å²) in [7, 11) is 1.60. The molecule has 1 atom stereocenters. The minimum Gasteiger partial charge on any atom is -0.497 e. The number of hydrogen-bond acceptors (Lipinski definition) is 6. The van der Waals surface area contributed by atoms with Crippen molar-refractivity contribution in [2.24, 2.45) is 0 Å². The number of nitrogens with zero attached hydrogens (tertiary/aromatic N) is 4. The molecule has 2 N–H and O–H groups in total. The van der Waals surface area contributed by atoms with E-state index in [1.165, 1.54) is 4.68 Å². The monoisotopic (exact) mass is 345 g/mol. The van der Waals surface area contributed by atoms with Crippen LogP contribution < -0.4 is 10.5 Å². The molecule has 1 aliphatic heterocycles. The van der Waals surface area contributed by atoms with Crippen LogP contribution in [0.1, 0.15) is 24.4 Å². The predicted molar refractivity (Wildman–Crippen MR) is 90.0 cm³/mol. The highest BCUT2D eigenvalue weighted by Gasteiger charge is 2.31. The number of rotatable bonds is 5. The van der Waals surface area contributed by atoms with Crippen LogP contribution in [0.3, 0.4) is 0 Å². The number of anilines is 1. The van der Waals surface area contributed by atoms with Crippen LogP contribution in [-0.2, 0) is 11.3 Å². The number of hydrogen-bond donors (Lipinski definition) is 1. The normalized spacial score (nSPS) is 16.8. The minimum absolute atomic E-state index is 0.0469. The van der Waals surface area contributed by atoms with Gasteiger partial charge >= 0.3 is 5.69 Å². The van der Waals surface area contributed by atoms with Crippen LogP contribution in [0, 0.1) is 10.1 Å². The molecule has 1 aliphatic rings. The first-order chi connectivity index (χ1) is 12.0. The number of benzene rings is 1. The first kappa shape index (κ1) is 16.7. The molecule has 1 aromatic carbocycles. The second-order valence-corrected chi connectivity index (χ2v) is 5.85. The summed E-state index contributed by atoms with van der Waals surface area (Å²) in [5, 5.41) is 14.7. The Morgan fingerprint density at radius 1 is 1.52 bits per heavy atom. The van der Waals surface area contributed by atoms with E-state index in [1.54, 1.807) is 12.0 Å². The lowest BCUT2D eigenvalue weighted by Crippen LogP contribution is -2.34. The van der Waals surface area contributed by atoms with Crippen LogP contribution in [0.2, 0.25) is 0 Å². The Balaban J connectivity index is 1.78. The smallest absolute Gasteiger partial charge is 0.330 e. The van der Waals surface area contributed by atoms with Crippen molar-refractivity contribution in [2.45, 2.75) is 25.4 Å². The van der Waals surface area contributed by atoms with Gasteiger partial charge in [-0.25, -0.2) is 4.68 Å². The van der Waals surface area contributed by atoms with Gasteiger partial charge in [0.15, 0.2) is 0 Å². The third-order valence-electron chi connectivity index (χ3n) is 4.39. The van der Waals surface area contributed by atoms with Crippen LogP contribution in [-0.4, -0.2) is 39.2 Å². The molecule has 0 radical (unpaired) electrons. The van der Waals surface area contributed by atoms with E-state index in [2.05, 4.69) is 5.10 Å². The molecular formula is C16H19N5O4. The Kier molecular flexibility index (Phi) is 4.55. The van der Waals surface area contributed by atoms with E-state index in [1.807, 2.05) is 24.3 Å². The second-order valence-electron chi connectivity index (χ2n) is 5.85. The molecule has 25 heavy (non-hydrogen) atoms. The number of aromatic nitrogens is 2. The maximum atomic E-state index is 12.7. The third-order valence-corrected chi connectivity index (χ3v) is 4.39. The average molecular weight is 345 g/mol. The van der Waals surface area contributed by atoms with Crippen molar-refractivity contribution >= 4 is 17.4 Å². The van der Waals surface area contributed by atoms with E-state index in [4.69, 9.17) is 10.5 Å². The molecule has 3 rings (SSSR count). The summed E-state index contributed by atoms with van der Waals surface area (Å²) in [6.07, 6.45) is 2.81. The molecule has 1 fully saturated rings. The van der Waals surface area contributed by atoms with Gasteiger partial charge in [0.05, 0.1) is 18.1 Å². The Hall–Kier alpha value is -3.10. The van der Waals surface area contributed by atoms with Gasteiger partial charge < -0.3 is 15.4 Å². The zero-order chi connectivity index (χ0) is 18.0. The average Bonchev–Trinajstić information content (AvgIpc) is 3.22. The highest BCUT2D eigenvalue weighted by molar-refractivity contribution is 5.77. The number of ether oxygens (including phenoxy) is 1. The molecule has 0 saturated carbocycles. The highest BCUT2D eigenvalue weighted by atomic mass is 16.6. The molecule has 2 aromatic rings. The van der Waals surface area contributed by atoms with Gasteiger partial charge in [0.25, 0.3) is 0 Å². The fourth-order valence-electron chi connectivity index (χ4n) is 3.13. The van der Waals surface area contributed by atoms with E-state index in [0.29, 0.717) is 6.54 Å². The number of nitrogen functional groups attached to an aromatic ring is 1. The van der Waals surface area contributed by atoms with Gasteiger partial charge in [-0.1, -0.05) is 12.1 Å². The second kappa shape index (κ2) is 6.80. The van der Waals surface area contributed by atoms with E-state index in [-0.39, 0.29) is 30.0 Å². The molecule has 9 heteroatoms. The molecule has 132 valence electrons. The first-order valence-corrected chi connectivity index (χ1v) is 7.90. The summed E-state index contributed by atoms with van der Waals surface area (Å²) in [4.78, 5) is 24.7. The van der Waals surface area contributed by atoms with Crippen molar-refractivity contribution < 1.29 is 14.5 Å². The van der Waals surface area contributed by atoms with E-state index in [0.717, 1.165) is 30.4 Å².